The topological polar surface area (TPSA) is 48.1 Å². The summed E-state index contributed by atoms with van der Waals surface area (Å²) in [6, 6.07) is 9.12. The van der Waals surface area contributed by atoms with Gasteiger partial charge in [0.15, 0.2) is 0 Å². The van der Waals surface area contributed by atoms with Crippen LogP contribution in [0.4, 0.5) is 5.69 Å². The van der Waals surface area contributed by atoms with Crippen molar-refractivity contribution in [2.24, 2.45) is 0 Å². The van der Waals surface area contributed by atoms with Crippen molar-refractivity contribution in [2.75, 3.05) is 12.3 Å². The van der Waals surface area contributed by atoms with Gasteiger partial charge >= 0.3 is 0 Å². The van der Waals surface area contributed by atoms with Crippen LogP contribution in [0.5, 0.6) is 5.75 Å². The summed E-state index contributed by atoms with van der Waals surface area (Å²) >= 11 is 5.99. The standard InChI is InChI=1S/C13H13ClN2O/c14-12-4-3-11(15)8-13(12)17-7-5-10-2-1-6-16-9-10/h1-4,6,8-9H,5,7,15H2. The number of anilines is 1. The number of ether oxygens (including phenoxy) is 1. The van der Waals surface area contributed by atoms with Crippen LogP contribution in [0.25, 0.3) is 0 Å². The molecule has 1 aromatic heterocycles. The van der Waals surface area contributed by atoms with Gasteiger partial charge in [0.25, 0.3) is 0 Å². The van der Waals surface area contributed by atoms with Gasteiger partial charge in [-0.3, -0.25) is 4.98 Å². The van der Waals surface area contributed by atoms with Crippen LogP contribution >= 0.6 is 11.6 Å². The first-order valence-electron chi connectivity index (χ1n) is 5.32. The minimum atomic E-state index is 0.550. The highest BCUT2D eigenvalue weighted by atomic mass is 35.5. The molecule has 0 spiro atoms. The first kappa shape index (κ1) is 11.7. The van der Waals surface area contributed by atoms with Gasteiger partial charge in [-0.25, -0.2) is 0 Å². The summed E-state index contributed by atoms with van der Waals surface area (Å²) in [6.07, 6.45) is 4.36. The first-order valence-corrected chi connectivity index (χ1v) is 5.70. The third-order valence-electron chi connectivity index (χ3n) is 2.33. The Bertz CT molecular complexity index is 488. The number of rotatable bonds is 4. The van der Waals surface area contributed by atoms with E-state index in [1.54, 1.807) is 24.4 Å². The molecule has 4 heteroatoms. The molecule has 1 aromatic carbocycles. The van der Waals surface area contributed by atoms with E-state index in [1.807, 2.05) is 18.3 Å². The molecular formula is C13H13ClN2O. The Hall–Kier alpha value is -1.74. The van der Waals surface area contributed by atoms with Gasteiger partial charge < -0.3 is 10.5 Å². The van der Waals surface area contributed by atoms with Gasteiger partial charge in [0.05, 0.1) is 11.6 Å². The van der Waals surface area contributed by atoms with Crippen molar-refractivity contribution in [3.8, 4) is 5.75 Å². The molecular weight excluding hydrogens is 236 g/mol. The molecule has 0 unspecified atom stereocenters. The van der Waals surface area contributed by atoms with E-state index in [9.17, 15) is 0 Å². The van der Waals surface area contributed by atoms with Crippen molar-refractivity contribution in [2.45, 2.75) is 6.42 Å². The monoisotopic (exact) mass is 248 g/mol. The summed E-state index contributed by atoms with van der Waals surface area (Å²) in [5.41, 5.74) is 7.44. The second-order valence-corrected chi connectivity index (χ2v) is 4.06. The second-order valence-electron chi connectivity index (χ2n) is 3.65. The largest absolute Gasteiger partial charge is 0.492 e. The summed E-state index contributed by atoms with van der Waals surface area (Å²) in [7, 11) is 0. The number of aromatic nitrogens is 1. The number of nitrogens with zero attached hydrogens (tertiary/aromatic N) is 1. The summed E-state index contributed by atoms with van der Waals surface area (Å²) in [5, 5.41) is 0.574. The van der Waals surface area contributed by atoms with E-state index in [0.29, 0.717) is 23.1 Å². The van der Waals surface area contributed by atoms with Crippen LogP contribution in [0.2, 0.25) is 5.02 Å². The van der Waals surface area contributed by atoms with Crippen molar-refractivity contribution in [3.05, 3.63) is 53.3 Å². The van der Waals surface area contributed by atoms with E-state index >= 15 is 0 Å². The van der Waals surface area contributed by atoms with E-state index in [1.165, 1.54) is 0 Å². The Kier molecular flexibility index (Phi) is 3.83. The molecule has 17 heavy (non-hydrogen) atoms. The maximum atomic E-state index is 5.99. The minimum Gasteiger partial charge on any atom is -0.492 e. The van der Waals surface area contributed by atoms with Gasteiger partial charge in [-0.2, -0.15) is 0 Å². The number of benzene rings is 1. The van der Waals surface area contributed by atoms with Crippen LogP contribution in [0.1, 0.15) is 5.56 Å². The molecule has 2 rings (SSSR count). The number of nitrogen functional groups attached to an aromatic ring is 1. The minimum absolute atomic E-state index is 0.550. The van der Waals surface area contributed by atoms with Crippen molar-refractivity contribution < 1.29 is 4.74 Å². The zero-order valence-corrected chi connectivity index (χ0v) is 10.0. The number of halogens is 1. The molecule has 3 nitrogen and oxygen atoms in total. The van der Waals surface area contributed by atoms with Crippen LogP contribution in [0, 0.1) is 0 Å². The number of pyridine rings is 1. The maximum Gasteiger partial charge on any atom is 0.139 e. The van der Waals surface area contributed by atoms with Crippen molar-refractivity contribution in [1.82, 2.24) is 4.98 Å². The lowest BCUT2D eigenvalue weighted by Crippen LogP contribution is -2.02. The molecule has 0 saturated heterocycles. The Morgan fingerprint density at radius 1 is 1.29 bits per heavy atom. The van der Waals surface area contributed by atoms with Gasteiger partial charge in [0, 0.05) is 30.6 Å². The molecule has 1 heterocycles. The molecule has 88 valence electrons. The lowest BCUT2D eigenvalue weighted by atomic mass is 10.2. The van der Waals surface area contributed by atoms with Crippen LogP contribution in [0.15, 0.2) is 42.7 Å². The van der Waals surface area contributed by atoms with Crippen molar-refractivity contribution in [1.29, 1.82) is 0 Å². The Morgan fingerprint density at radius 2 is 2.18 bits per heavy atom. The highest BCUT2D eigenvalue weighted by Crippen LogP contribution is 2.26. The van der Waals surface area contributed by atoms with Crippen LogP contribution < -0.4 is 10.5 Å². The summed E-state index contributed by atoms with van der Waals surface area (Å²) < 4.78 is 5.58. The predicted molar refractivity (Wildman–Crippen MR) is 69.3 cm³/mol. The van der Waals surface area contributed by atoms with Crippen molar-refractivity contribution in [3.63, 3.8) is 0 Å². The molecule has 0 fully saturated rings. The maximum absolute atomic E-state index is 5.99. The van der Waals surface area contributed by atoms with Crippen LogP contribution in [-0.4, -0.2) is 11.6 Å². The highest BCUT2D eigenvalue weighted by molar-refractivity contribution is 6.32. The fraction of sp³-hybridized carbons (Fsp3) is 0.154. The molecule has 2 aromatic rings. The zero-order chi connectivity index (χ0) is 12.1. The SMILES string of the molecule is Nc1ccc(Cl)c(OCCc2cccnc2)c1. The Morgan fingerprint density at radius 3 is 2.94 bits per heavy atom. The van der Waals surface area contributed by atoms with Gasteiger partial charge in [0.2, 0.25) is 0 Å². The second kappa shape index (κ2) is 5.55. The molecule has 0 saturated carbocycles. The number of nitrogens with two attached hydrogens (primary N) is 1. The third-order valence-corrected chi connectivity index (χ3v) is 2.64. The molecule has 0 aliphatic rings. The molecule has 0 amide bonds. The Labute approximate surface area is 105 Å². The fourth-order valence-electron chi connectivity index (χ4n) is 1.46. The van der Waals surface area contributed by atoms with E-state index < -0.39 is 0 Å². The summed E-state index contributed by atoms with van der Waals surface area (Å²) in [6.45, 7) is 0.550. The number of hydrogen-bond donors (Lipinski definition) is 1. The van der Waals surface area contributed by atoms with Gasteiger partial charge in [-0.15, -0.1) is 0 Å². The normalized spacial score (nSPS) is 10.2. The fourth-order valence-corrected chi connectivity index (χ4v) is 1.63. The van der Waals surface area contributed by atoms with Gasteiger partial charge in [-0.05, 0) is 23.8 Å². The van der Waals surface area contributed by atoms with Crippen LogP contribution in [-0.2, 0) is 6.42 Å². The third kappa shape index (κ3) is 3.36. The molecule has 0 radical (unpaired) electrons. The molecule has 2 N–H and O–H groups in total. The molecule has 0 aliphatic heterocycles. The van der Waals surface area contributed by atoms with Crippen molar-refractivity contribution >= 4 is 17.3 Å². The molecule has 0 aliphatic carbocycles. The first-order chi connectivity index (χ1) is 8.25. The predicted octanol–water partition coefficient (Wildman–Crippen LogP) is 2.94. The average molecular weight is 249 g/mol. The number of hydrogen-bond acceptors (Lipinski definition) is 3. The zero-order valence-electron chi connectivity index (χ0n) is 9.27. The lowest BCUT2D eigenvalue weighted by Gasteiger charge is -2.08. The average Bonchev–Trinajstić information content (AvgIpc) is 2.35. The molecule has 0 bridgehead atoms. The van der Waals surface area contributed by atoms with E-state index in [2.05, 4.69) is 4.98 Å². The van der Waals surface area contributed by atoms with E-state index in [0.717, 1.165) is 12.0 Å². The van der Waals surface area contributed by atoms with Gasteiger partial charge in [-0.1, -0.05) is 17.7 Å². The quantitative estimate of drug-likeness (QED) is 0.847. The lowest BCUT2D eigenvalue weighted by molar-refractivity contribution is 0.322. The van der Waals surface area contributed by atoms with Crippen LogP contribution in [0.3, 0.4) is 0 Å². The van der Waals surface area contributed by atoms with Gasteiger partial charge in [0.1, 0.15) is 5.75 Å². The smallest absolute Gasteiger partial charge is 0.139 e. The summed E-state index contributed by atoms with van der Waals surface area (Å²) in [4.78, 5) is 4.04. The highest BCUT2D eigenvalue weighted by Gasteiger charge is 2.02. The van der Waals surface area contributed by atoms with E-state index in [4.69, 9.17) is 22.1 Å². The summed E-state index contributed by atoms with van der Waals surface area (Å²) in [5.74, 6) is 0.621. The molecule has 0 atom stereocenters. The Balaban J connectivity index is 1.92. The van der Waals surface area contributed by atoms with E-state index in [-0.39, 0.29) is 0 Å².